The highest BCUT2D eigenvalue weighted by Gasteiger charge is 2.25. The summed E-state index contributed by atoms with van der Waals surface area (Å²) in [5, 5.41) is 0. The lowest BCUT2D eigenvalue weighted by Gasteiger charge is -2.39. The minimum absolute atomic E-state index is 1.37. The van der Waals surface area contributed by atoms with Gasteiger partial charge in [0.25, 0.3) is 0 Å². The quantitative estimate of drug-likeness (QED) is 0.0484. The Morgan fingerprint density at radius 3 is 0.558 bits per heavy atom. The van der Waals surface area contributed by atoms with E-state index < -0.39 is 0 Å². The van der Waals surface area contributed by atoms with E-state index in [1.165, 1.54) is 249 Å². The fraction of sp³-hybridized carbons (Fsp3) is 1.00. The van der Waals surface area contributed by atoms with Gasteiger partial charge in [-0.25, -0.2) is 0 Å². The fourth-order valence-corrected chi connectivity index (χ4v) is 7.48. The first-order valence-corrected chi connectivity index (χ1v) is 21.1. The van der Waals surface area contributed by atoms with Gasteiger partial charge in [0.05, 0.1) is 26.2 Å². The first kappa shape index (κ1) is 43.0. The van der Waals surface area contributed by atoms with Crippen LogP contribution in [0.4, 0.5) is 0 Å². The van der Waals surface area contributed by atoms with E-state index in [0.29, 0.717) is 0 Å². The van der Waals surface area contributed by atoms with Gasteiger partial charge in [0.1, 0.15) is 0 Å². The summed E-state index contributed by atoms with van der Waals surface area (Å²) in [6, 6.07) is 0. The van der Waals surface area contributed by atoms with Crippen molar-refractivity contribution < 1.29 is 4.48 Å². The lowest BCUT2D eigenvalue weighted by Crippen LogP contribution is -2.50. The lowest BCUT2D eigenvalue weighted by atomic mass is 10.0. The summed E-state index contributed by atoms with van der Waals surface area (Å²) in [7, 11) is 0. The monoisotopic (exact) mass is 607 g/mol. The van der Waals surface area contributed by atoms with Gasteiger partial charge < -0.3 is 4.48 Å². The molecule has 0 aliphatic heterocycles. The van der Waals surface area contributed by atoms with Crippen LogP contribution in [0.1, 0.15) is 246 Å². The first-order chi connectivity index (χ1) is 21.2. The Balaban J connectivity index is 4.35. The molecule has 0 heterocycles. The highest BCUT2D eigenvalue weighted by molar-refractivity contribution is 4.55. The van der Waals surface area contributed by atoms with Crippen molar-refractivity contribution in [3.8, 4) is 0 Å². The van der Waals surface area contributed by atoms with Gasteiger partial charge in [-0.3, -0.25) is 0 Å². The van der Waals surface area contributed by atoms with E-state index in [-0.39, 0.29) is 0 Å². The number of rotatable bonds is 38. The molecule has 0 saturated carbocycles. The van der Waals surface area contributed by atoms with Crippen molar-refractivity contribution >= 4 is 0 Å². The summed E-state index contributed by atoms with van der Waals surface area (Å²) in [5.41, 5.74) is 0. The number of hydrogen-bond acceptors (Lipinski definition) is 0. The van der Waals surface area contributed by atoms with E-state index in [9.17, 15) is 0 Å². The molecule has 0 aliphatic rings. The molecule has 0 saturated heterocycles. The average Bonchev–Trinajstić information content (AvgIpc) is 3.01. The van der Waals surface area contributed by atoms with E-state index in [1.54, 1.807) is 0 Å². The molecule has 0 aromatic rings. The Morgan fingerprint density at radius 2 is 0.372 bits per heavy atom. The highest BCUT2D eigenvalue weighted by Crippen LogP contribution is 2.20. The average molecular weight is 607 g/mol. The molecule has 0 radical (unpaired) electrons. The Morgan fingerprint density at radius 1 is 0.186 bits per heavy atom. The maximum absolute atomic E-state index is 2.45. The Labute approximate surface area is 276 Å². The fourth-order valence-electron chi connectivity index (χ4n) is 7.48. The van der Waals surface area contributed by atoms with E-state index in [0.717, 1.165) is 0 Å². The van der Waals surface area contributed by atoms with Crippen LogP contribution in [0.5, 0.6) is 0 Å². The normalized spacial score (nSPS) is 12.0. The zero-order chi connectivity index (χ0) is 31.4. The predicted octanol–water partition coefficient (Wildman–Crippen LogP) is 15.1. The first-order valence-electron chi connectivity index (χ1n) is 21.1. The van der Waals surface area contributed by atoms with Crippen molar-refractivity contribution in [2.24, 2.45) is 0 Å². The summed E-state index contributed by atoms with van der Waals surface area (Å²) in [5.74, 6) is 0. The molecule has 0 fully saturated rings. The van der Waals surface area contributed by atoms with Crippen molar-refractivity contribution in [3.05, 3.63) is 0 Å². The van der Waals surface area contributed by atoms with Gasteiger partial charge in [-0.2, -0.15) is 0 Å². The molecular formula is C42H88N+. The van der Waals surface area contributed by atoms with Gasteiger partial charge in [0.15, 0.2) is 0 Å². The van der Waals surface area contributed by atoms with Gasteiger partial charge in [-0.1, -0.05) is 201 Å². The van der Waals surface area contributed by atoms with Crippen LogP contribution in [0, 0.1) is 0 Å². The van der Waals surface area contributed by atoms with Gasteiger partial charge in [-0.15, -0.1) is 0 Å². The smallest absolute Gasteiger partial charge is 0.0786 e. The third-order valence-corrected chi connectivity index (χ3v) is 10.4. The second-order valence-corrected chi connectivity index (χ2v) is 14.8. The van der Waals surface area contributed by atoms with Crippen molar-refractivity contribution in [2.45, 2.75) is 246 Å². The van der Waals surface area contributed by atoms with Crippen LogP contribution in [-0.4, -0.2) is 30.7 Å². The largest absolute Gasteiger partial charge is 0.324 e. The molecule has 0 aliphatic carbocycles. The van der Waals surface area contributed by atoms with Gasteiger partial charge >= 0.3 is 0 Å². The summed E-state index contributed by atoms with van der Waals surface area (Å²) in [6.07, 6.45) is 49.8. The molecule has 1 nitrogen and oxygen atoms in total. The number of hydrogen-bond donors (Lipinski definition) is 0. The molecule has 0 atom stereocenters. The molecule has 260 valence electrons. The summed E-state index contributed by atoms with van der Waals surface area (Å²) >= 11 is 0. The third kappa shape index (κ3) is 31.7. The van der Waals surface area contributed by atoms with Crippen LogP contribution in [0.15, 0.2) is 0 Å². The minimum atomic E-state index is 1.37. The summed E-state index contributed by atoms with van der Waals surface area (Å²) in [4.78, 5) is 0. The molecule has 0 bridgehead atoms. The van der Waals surface area contributed by atoms with Crippen LogP contribution in [0.25, 0.3) is 0 Å². The van der Waals surface area contributed by atoms with Crippen molar-refractivity contribution in [3.63, 3.8) is 0 Å². The molecule has 0 rings (SSSR count). The Kier molecular flexibility index (Phi) is 36.4. The van der Waals surface area contributed by atoms with E-state index >= 15 is 0 Å². The molecule has 0 unspecified atom stereocenters. The molecule has 43 heavy (non-hydrogen) atoms. The minimum Gasteiger partial charge on any atom is -0.324 e. The predicted molar refractivity (Wildman–Crippen MR) is 199 cm³/mol. The van der Waals surface area contributed by atoms with Crippen molar-refractivity contribution in [1.29, 1.82) is 0 Å². The zero-order valence-electron chi connectivity index (χ0n) is 31.3. The molecular weight excluding hydrogens is 518 g/mol. The summed E-state index contributed by atoms with van der Waals surface area (Å²) in [6.45, 7) is 15.3. The van der Waals surface area contributed by atoms with Crippen LogP contribution in [0.2, 0.25) is 0 Å². The SMILES string of the molecule is CCCCCCCCCCCCC[N+](CCC)(CCCCCCCCCCCCC)CCCCCCCCCCCCC. The molecule has 0 aromatic heterocycles. The second-order valence-electron chi connectivity index (χ2n) is 14.8. The van der Waals surface area contributed by atoms with Crippen LogP contribution in [0.3, 0.4) is 0 Å². The highest BCUT2D eigenvalue weighted by atomic mass is 15.3. The zero-order valence-corrected chi connectivity index (χ0v) is 31.3. The standard InChI is InChI=1S/C42H88N/c1-5-9-12-15-18-21-24-27-30-33-36-40-43(39-8-4,41-37-34-31-28-25-22-19-16-13-10-6-2)42-38-35-32-29-26-23-20-17-14-11-7-3/h5-42H2,1-4H3/q+1. The number of unbranched alkanes of at least 4 members (excludes halogenated alkanes) is 30. The van der Waals surface area contributed by atoms with E-state index in [4.69, 9.17) is 0 Å². The molecule has 0 aromatic carbocycles. The molecule has 1 heteroatoms. The van der Waals surface area contributed by atoms with Crippen LogP contribution in [-0.2, 0) is 0 Å². The van der Waals surface area contributed by atoms with Gasteiger partial charge in [0.2, 0.25) is 0 Å². The number of nitrogens with zero attached hydrogens (tertiary/aromatic N) is 1. The molecule has 0 amide bonds. The van der Waals surface area contributed by atoms with E-state index in [1.807, 2.05) is 0 Å². The number of quaternary nitrogens is 1. The van der Waals surface area contributed by atoms with Gasteiger partial charge in [0, 0.05) is 0 Å². The maximum Gasteiger partial charge on any atom is 0.0786 e. The van der Waals surface area contributed by atoms with Crippen LogP contribution >= 0.6 is 0 Å². The van der Waals surface area contributed by atoms with Crippen molar-refractivity contribution in [2.75, 3.05) is 26.2 Å². The third-order valence-electron chi connectivity index (χ3n) is 10.4. The van der Waals surface area contributed by atoms with E-state index in [2.05, 4.69) is 27.7 Å². The van der Waals surface area contributed by atoms with Gasteiger partial charge in [-0.05, 0) is 44.9 Å². The Hall–Kier alpha value is -0.0400. The molecule has 0 spiro atoms. The maximum atomic E-state index is 2.45. The lowest BCUT2D eigenvalue weighted by molar-refractivity contribution is -0.929. The molecule has 0 N–H and O–H groups in total. The van der Waals surface area contributed by atoms with Crippen LogP contribution < -0.4 is 0 Å². The van der Waals surface area contributed by atoms with Crippen molar-refractivity contribution in [1.82, 2.24) is 0 Å². The second kappa shape index (κ2) is 36.4. The topological polar surface area (TPSA) is 0 Å². The Bertz CT molecular complexity index is 421. The summed E-state index contributed by atoms with van der Waals surface area (Å²) < 4.78 is 1.46.